The van der Waals surface area contributed by atoms with Gasteiger partial charge >= 0.3 is 6.61 Å². The lowest BCUT2D eigenvalue weighted by Gasteiger charge is -2.14. The van der Waals surface area contributed by atoms with E-state index in [0.29, 0.717) is 22.4 Å². The van der Waals surface area contributed by atoms with Crippen LogP contribution in [-0.2, 0) is 6.54 Å². The Balaban J connectivity index is 2.24. The second kappa shape index (κ2) is 8.11. The number of carbonyl (C=O) groups excluding carboxylic acids is 1. The Morgan fingerprint density at radius 3 is 2.60 bits per heavy atom. The highest BCUT2D eigenvalue weighted by Crippen LogP contribution is 2.30. The fourth-order valence-corrected chi connectivity index (χ4v) is 2.28. The van der Waals surface area contributed by atoms with Crippen molar-refractivity contribution in [2.24, 2.45) is 0 Å². The summed E-state index contributed by atoms with van der Waals surface area (Å²) in [6.07, 6.45) is 0. The summed E-state index contributed by atoms with van der Waals surface area (Å²) in [7, 11) is 1.36. The molecule has 0 aliphatic rings. The van der Waals surface area contributed by atoms with Crippen molar-refractivity contribution in [3.63, 3.8) is 0 Å². The molecule has 130 valence electrons. The highest BCUT2D eigenvalue weighted by Gasteiger charge is 2.12. The molecule has 25 heavy (non-hydrogen) atoms. The average molecular weight is 346 g/mol. The van der Waals surface area contributed by atoms with Crippen LogP contribution in [0.15, 0.2) is 36.4 Å². The van der Waals surface area contributed by atoms with Gasteiger partial charge in [0, 0.05) is 17.8 Å². The summed E-state index contributed by atoms with van der Waals surface area (Å²) in [5.41, 5.74) is 1.99. The van der Waals surface area contributed by atoms with Gasteiger partial charge in [-0.25, -0.2) is 0 Å². The molecule has 0 aliphatic carbocycles. The lowest BCUT2D eigenvalue weighted by Crippen LogP contribution is -2.07. The predicted molar refractivity (Wildman–Crippen MR) is 88.1 cm³/mol. The van der Waals surface area contributed by atoms with Gasteiger partial charge in [-0.2, -0.15) is 14.0 Å². The predicted octanol–water partition coefficient (Wildman–Crippen LogP) is 3.98. The van der Waals surface area contributed by atoms with Crippen LogP contribution in [-0.4, -0.2) is 19.5 Å². The lowest BCUT2D eigenvalue weighted by atomic mass is 10.1. The fourth-order valence-electron chi connectivity index (χ4n) is 2.28. The summed E-state index contributed by atoms with van der Waals surface area (Å²) < 4.78 is 34.4. The molecule has 0 bridgehead atoms. The number of hydrogen-bond donors (Lipinski definition) is 1. The SMILES string of the molecule is COc1ccc(CNc2cc(C#N)ccc2C(C)=O)cc1OC(F)F. The van der Waals surface area contributed by atoms with Crippen LogP contribution < -0.4 is 14.8 Å². The first-order valence-electron chi connectivity index (χ1n) is 7.35. The number of hydrogen-bond acceptors (Lipinski definition) is 5. The highest BCUT2D eigenvalue weighted by molar-refractivity contribution is 5.99. The number of nitriles is 1. The van der Waals surface area contributed by atoms with Crippen LogP contribution in [0, 0.1) is 11.3 Å². The zero-order chi connectivity index (χ0) is 18.4. The van der Waals surface area contributed by atoms with Crippen molar-refractivity contribution >= 4 is 11.5 Å². The van der Waals surface area contributed by atoms with Gasteiger partial charge in [0.05, 0.1) is 18.7 Å². The van der Waals surface area contributed by atoms with Crippen molar-refractivity contribution in [3.05, 3.63) is 53.1 Å². The molecule has 2 rings (SSSR count). The van der Waals surface area contributed by atoms with Crippen LogP contribution >= 0.6 is 0 Å². The first-order chi connectivity index (χ1) is 11.9. The van der Waals surface area contributed by atoms with Gasteiger partial charge in [-0.3, -0.25) is 4.79 Å². The van der Waals surface area contributed by atoms with E-state index in [1.807, 2.05) is 6.07 Å². The highest BCUT2D eigenvalue weighted by atomic mass is 19.3. The number of rotatable bonds is 7. The van der Waals surface area contributed by atoms with E-state index in [-0.39, 0.29) is 23.8 Å². The normalized spacial score (nSPS) is 10.2. The summed E-state index contributed by atoms with van der Waals surface area (Å²) in [4.78, 5) is 11.7. The van der Waals surface area contributed by atoms with Crippen LogP contribution in [0.3, 0.4) is 0 Å². The average Bonchev–Trinajstić information content (AvgIpc) is 2.59. The van der Waals surface area contributed by atoms with Gasteiger partial charge in [-0.1, -0.05) is 6.07 Å². The topological polar surface area (TPSA) is 71.3 Å². The van der Waals surface area contributed by atoms with Crippen LogP contribution in [0.1, 0.15) is 28.4 Å². The van der Waals surface area contributed by atoms with Crippen molar-refractivity contribution in [2.75, 3.05) is 12.4 Å². The number of nitrogens with zero attached hydrogens (tertiary/aromatic N) is 1. The number of benzene rings is 2. The fraction of sp³-hybridized carbons (Fsp3) is 0.222. The number of halogens is 2. The van der Waals surface area contributed by atoms with Crippen molar-refractivity contribution in [3.8, 4) is 17.6 Å². The number of anilines is 1. The summed E-state index contributed by atoms with van der Waals surface area (Å²) in [6.45, 7) is -1.29. The number of Topliss-reactive ketones (excluding diaryl/α,β-unsaturated/α-hetero) is 1. The third-order valence-electron chi connectivity index (χ3n) is 3.46. The molecule has 0 atom stereocenters. The zero-order valence-corrected chi connectivity index (χ0v) is 13.7. The largest absolute Gasteiger partial charge is 0.493 e. The molecule has 2 aromatic rings. The number of ether oxygens (including phenoxy) is 2. The van der Waals surface area contributed by atoms with Crippen molar-refractivity contribution in [2.45, 2.75) is 20.1 Å². The first-order valence-corrected chi connectivity index (χ1v) is 7.35. The molecule has 2 aromatic carbocycles. The smallest absolute Gasteiger partial charge is 0.387 e. The van der Waals surface area contributed by atoms with E-state index in [9.17, 15) is 13.6 Å². The van der Waals surface area contributed by atoms with Crippen LogP contribution in [0.5, 0.6) is 11.5 Å². The van der Waals surface area contributed by atoms with E-state index in [1.165, 1.54) is 26.2 Å². The molecule has 7 heteroatoms. The Labute approximate surface area is 143 Å². The molecular formula is C18H16F2N2O3. The van der Waals surface area contributed by atoms with E-state index >= 15 is 0 Å². The molecule has 0 saturated heterocycles. The number of carbonyl (C=O) groups is 1. The molecule has 0 spiro atoms. The first kappa shape index (κ1) is 18.2. The Morgan fingerprint density at radius 2 is 2.00 bits per heavy atom. The number of ketones is 1. The van der Waals surface area contributed by atoms with Gasteiger partial charge in [0.2, 0.25) is 0 Å². The van der Waals surface area contributed by atoms with Crippen LogP contribution in [0.2, 0.25) is 0 Å². The molecule has 0 unspecified atom stereocenters. The molecule has 0 amide bonds. The minimum absolute atomic E-state index is 0.0747. The van der Waals surface area contributed by atoms with Gasteiger partial charge in [0.25, 0.3) is 0 Å². The standard InChI is InChI=1S/C18H16F2N2O3/c1-11(23)14-5-3-12(9-21)7-15(14)22-10-13-4-6-16(24-2)17(8-13)25-18(19)20/h3-8,18,22H,10H2,1-2H3. The minimum Gasteiger partial charge on any atom is -0.493 e. The molecule has 5 nitrogen and oxygen atoms in total. The van der Waals surface area contributed by atoms with Gasteiger partial charge in [-0.15, -0.1) is 0 Å². The Hall–Kier alpha value is -3.14. The van der Waals surface area contributed by atoms with Crippen LogP contribution in [0.25, 0.3) is 0 Å². The molecule has 1 N–H and O–H groups in total. The van der Waals surface area contributed by atoms with E-state index in [1.54, 1.807) is 24.3 Å². The second-order valence-corrected chi connectivity index (χ2v) is 5.15. The lowest BCUT2D eigenvalue weighted by molar-refractivity contribution is -0.0512. The third-order valence-corrected chi connectivity index (χ3v) is 3.46. The zero-order valence-electron chi connectivity index (χ0n) is 13.7. The van der Waals surface area contributed by atoms with Crippen molar-refractivity contribution in [1.82, 2.24) is 0 Å². The van der Waals surface area contributed by atoms with E-state index in [4.69, 9.17) is 10.00 Å². The van der Waals surface area contributed by atoms with Gasteiger partial charge in [-0.05, 0) is 42.8 Å². The maximum Gasteiger partial charge on any atom is 0.387 e. The van der Waals surface area contributed by atoms with E-state index in [2.05, 4.69) is 10.1 Å². The molecule has 0 aliphatic heterocycles. The van der Waals surface area contributed by atoms with Gasteiger partial charge < -0.3 is 14.8 Å². The maximum atomic E-state index is 12.5. The number of methoxy groups -OCH3 is 1. The molecule has 0 heterocycles. The Morgan fingerprint density at radius 1 is 1.24 bits per heavy atom. The number of alkyl halides is 2. The van der Waals surface area contributed by atoms with Gasteiger partial charge in [0.15, 0.2) is 17.3 Å². The minimum atomic E-state index is -2.96. The molecule has 0 fully saturated rings. The molecule has 0 aromatic heterocycles. The Kier molecular flexibility index (Phi) is 5.90. The maximum absolute atomic E-state index is 12.5. The van der Waals surface area contributed by atoms with E-state index in [0.717, 1.165) is 0 Å². The summed E-state index contributed by atoms with van der Waals surface area (Å²) in [5.74, 6) is -0.0298. The molecular weight excluding hydrogens is 330 g/mol. The van der Waals surface area contributed by atoms with Crippen molar-refractivity contribution < 1.29 is 23.0 Å². The molecule has 0 saturated carbocycles. The molecule has 0 radical (unpaired) electrons. The van der Waals surface area contributed by atoms with Crippen LogP contribution in [0.4, 0.5) is 14.5 Å². The third kappa shape index (κ3) is 4.67. The summed E-state index contributed by atoms with van der Waals surface area (Å²) in [6, 6.07) is 11.3. The van der Waals surface area contributed by atoms with Gasteiger partial charge in [0.1, 0.15) is 0 Å². The second-order valence-electron chi connectivity index (χ2n) is 5.15. The van der Waals surface area contributed by atoms with Crippen molar-refractivity contribution in [1.29, 1.82) is 5.26 Å². The quantitative estimate of drug-likeness (QED) is 0.768. The summed E-state index contributed by atoms with van der Waals surface area (Å²) in [5, 5.41) is 12.0. The Bertz CT molecular complexity index is 816. The van der Waals surface area contributed by atoms with E-state index < -0.39 is 6.61 Å². The number of nitrogens with one attached hydrogen (secondary N) is 1. The monoisotopic (exact) mass is 346 g/mol. The summed E-state index contributed by atoms with van der Waals surface area (Å²) >= 11 is 0.